The van der Waals surface area contributed by atoms with Crippen LogP contribution in [0.3, 0.4) is 0 Å². The Balaban J connectivity index is 2.12. The predicted octanol–water partition coefficient (Wildman–Crippen LogP) is 2.85. The molecule has 2 rings (SSSR count). The second-order valence-electron chi connectivity index (χ2n) is 5.19. The molecule has 1 heterocycles. The average Bonchev–Trinajstić information content (AvgIpc) is 2.76. The third-order valence-corrected chi connectivity index (χ3v) is 6.26. The Morgan fingerprint density at radius 2 is 2.24 bits per heavy atom. The molecule has 1 N–H and O–H groups in total. The highest BCUT2D eigenvalue weighted by molar-refractivity contribution is 7.91. The predicted molar refractivity (Wildman–Crippen MR) is 91.8 cm³/mol. The molecule has 1 aliphatic rings. The Labute approximate surface area is 136 Å². The van der Waals surface area contributed by atoms with E-state index in [2.05, 4.69) is 5.32 Å². The third kappa shape index (κ3) is 3.87. The maximum absolute atomic E-state index is 11.6. The van der Waals surface area contributed by atoms with Gasteiger partial charge in [-0.15, -0.1) is 0 Å². The van der Waals surface area contributed by atoms with Crippen LogP contribution in [0.4, 0.5) is 5.69 Å². The van der Waals surface area contributed by atoms with Crippen molar-refractivity contribution < 1.29 is 8.42 Å². The summed E-state index contributed by atoms with van der Waals surface area (Å²) in [5, 5.41) is 4.41. The number of hydrogen-bond acceptors (Lipinski definition) is 3. The number of sulfone groups is 1. The molecule has 0 radical (unpaired) electrons. The molecule has 1 fully saturated rings. The lowest BCUT2D eigenvalue weighted by atomic mass is 10.2. The standard InChI is InChI=1S/C14H19ClN2O2S2/c1-3-17(11-7-8-21(18,19)9-11)14(20)16-13-6-4-5-12(15)10(13)2/h4-6,11H,3,7-9H2,1-2H3,(H,16,20)/t11-/m0/s1. The summed E-state index contributed by atoms with van der Waals surface area (Å²) < 4.78 is 23.3. The van der Waals surface area contributed by atoms with Crippen LogP contribution < -0.4 is 5.32 Å². The van der Waals surface area contributed by atoms with E-state index in [9.17, 15) is 8.42 Å². The zero-order valence-corrected chi connectivity index (χ0v) is 14.5. The molecule has 1 aliphatic heterocycles. The molecule has 1 aromatic carbocycles. The highest BCUT2D eigenvalue weighted by atomic mass is 35.5. The van der Waals surface area contributed by atoms with E-state index in [0.717, 1.165) is 11.3 Å². The molecule has 1 atom stereocenters. The summed E-state index contributed by atoms with van der Waals surface area (Å²) in [5.74, 6) is 0.421. The summed E-state index contributed by atoms with van der Waals surface area (Å²) in [7, 11) is -2.92. The number of nitrogens with zero attached hydrogens (tertiary/aromatic N) is 1. The summed E-state index contributed by atoms with van der Waals surface area (Å²) in [4.78, 5) is 1.94. The van der Waals surface area contributed by atoms with Gasteiger partial charge in [0.25, 0.3) is 0 Å². The van der Waals surface area contributed by atoms with Crippen LogP contribution in [0, 0.1) is 6.92 Å². The van der Waals surface area contributed by atoms with Gasteiger partial charge in [-0.3, -0.25) is 0 Å². The van der Waals surface area contributed by atoms with Crippen molar-refractivity contribution in [3.63, 3.8) is 0 Å². The monoisotopic (exact) mass is 346 g/mol. The second kappa shape index (κ2) is 6.50. The molecule has 0 unspecified atom stereocenters. The molecule has 0 aromatic heterocycles. The Bertz CT molecular complexity index is 646. The molecule has 116 valence electrons. The smallest absolute Gasteiger partial charge is 0.173 e. The lowest BCUT2D eigenvalue weighted by molar-refractivity contribution is 0.355. The maximum Gasteiger partial charge on any atom is 0.173 e. The van der Waals surface area contributed by atoms with Crippen molar-refractivity contribution in [1.29, 1.82) is 0 Å². The number of nitrogens with one attached hydrogen (secondary N) is 1. The van der Waals surface area contributed by atoms with Gasteiger partial charge >= 0.3 is 0 Å². The average molecular weight is 347 g/mol. The van der Waals surface area contributed by atoms with Crippen molar-refractivity contribution in [2.24, 2.45) is 0 Å². The second-order valence-corrected chi connectivity index (χ2v) is 8.21. The van der Waals surface area contributed by atoms with Crippen LogP contribution in [0.1, 0.15) is 18.9 Å². The van der Waals surface area contributed by atoms with Crippen molar-refractivity contribution >= 4 is 44.5 Å². The number of halogens is 1. The first-order chi connectivity index (χ1) is 9.84. The van der Waals surface area contributed by atoms with E-state index in [-0.39, 0.29) is 17.5 Å². The molecule has 0 spiro atoms. The maximum atomic E-state index is 11.6. The number of rotatable bonds is 3. The van der Waals surface area contributed by atoms with E-state index in [0.29, 0.717) is 23.1 Å². The molecular formula is C14H19ClN2O2S2. The van der Waals surface area contributed by atoms with Crippen molar-refractivity contribution in [2.45, 2.75) is 26.3 Å². The molecule has 0 amide bonds. The molecule has 4 nitrogen and oxygen atoms in total. The first-order valence-corrected chi connectivity index (χ1v) is 9.48. The zero-order valence-electron chi connectivity index (χ0n) is 12.1. The van der Waals surface area contributed by atoms with Crippen LogP contribution in [-0.2, 0) is 9.84 Å². The van der Waals surface area contributed by atoms with Crippen molar-refractivity contribution in [3.05, 3.63) is 28.8 Å². The first kappa shape index (κ1) is 16.5. The molecule has 0 saturated carbocycles. The Morgan fingerprint density at radius 3 is 2.81 bits per heavy atom. The minimum Gasteiger partial charge on any atom is -0.345 e. The van der Waals surface area contributed by atoms with Gasteiger partial charge in [-0.05, 0) is 50.2 Å². The van der Waals surface area contributed by atoms with E-state index < -0.39 is 9.84 Å². The van der Waals surface area contributed by atoms with E-state index >= 15 is 0 Å². The third-order valence-electron chi connectivity index (χ3n) is 3.76. The molecule has 0 aliphatic carbocycles. The number of anilines is 1. The summed E-state index contributed by atoms with van der Waals surface area (Å²) >= 11 is 11.5. The quantitative estimate of drug-likeness (QED) is 0.853. The van der Waals surface area contributed by atoms with Crippen LogP contribution in [0.15, 0.2) is 18.2 Å². The Kier molecular flexibility index (Phi) is 5.11. The fraction of sp³-hybridized carbons (Fsp3) is 0.500. The minimum absolute atomic E-state index is 0.0421. The van der Waals surface area contributed by atoms with Gasteiger partial charge in [-0.2, -0.15) is 0 Å². The fourth-order valence-corrected chi connectivity index (χ4v) is 4.81. The normalized spacial score (nSPS) is 20.2. The van der Waals surface area contributed by atoms with Crippen LogP contribution in [0.5, 0.6) is 0 Å². The lowest BCUT2D eigenvalue weighted by Crippen LogP contribution is -2.43. The molecule has 1 aromatic rings. The van der Waals surface area contributed by atoms with E-state index in [4.69, 9.17) is 23.8 Å². The van der Waals surface area contributed by atoms with Crippen LogP contribution in [-0.4, -0.2) is 42.5 Å². The highest BCUT2D eigenvalue weighted by Gasteiger charge is 2.32. The van der Waals surface area contributed by atoms with Crippen LogP contribution in [0.2, 0.25) is 5.02 Å². The summed E-state index contributed by atoms with van der Waals surface area (Å²) in [5.41, 5.74) is 1.78. The topological polar surface area (TPSA) is 49.4 Å². The molecule has 21 heavy (non-hydrogen) atoms. The molecular weight excluding hydrogens is 328 g/mol. The lowest BCUT2D eigenvalue weighted by Gasteiger charge is -2.30. The number of benzene rings is 1. The van der Waals surface area contributed by atoms with Gasteiger partial charge in [-0.1, -0.05) is 17.7 Å². The zero-order chi connectivity index (χ0) is 15.6. The van der Waals surface area contributed by atoms with Gasteiger partial charge in [0, 0.05) is 23.3 Å². The van der Waals surface area contributed by atoms with Crippen LogP contribution in [0.25, 0.3) is 0 Å². The highest BCUT2D eigenvalue weighted by Crippen LogP contribution is 2.24. The summed E-state index contributed by atoms with van der Waals surface area (Å²) in [6.45, 7) is 4.57. The minimum atomic E-state index is -2.92. The first-order valence-electron chi connectivity index (χ1n) is 6.87. The number of hydrogen-bond donors (Lipinski definition) is 1. The number of thiocarbonyl (C=S) groups is 1. The van der Waals surface area contributed by atoms with Gasteiger partial charge in [-0.25, -0.2) is 8.42 Å². The van der Waals surface area contributed by atoms with Crippen molar-refractivity contribution in [3.8, 4) is 0 Å². The van der Waals surface area contributed by atoms with Crippen molar-refractivity contribution in [1.82, 2.24) is 4.90 Å². The molecule has 7 heteroatoms. The van der Waals surface area contributed by atoms with Gasteiger partial charge in [0.1, 0.15) is 0 Å². The van der Waals surface area contributed by atoms with Gasteiger partial charge in [0.05, 0.1) is 11.5 Å². The van der Waals surface area contributed by atoms with Gasteiger partial charge in [0.15, 0.2) is 14.9 Å². The van der Waals surface area contributed by atoms with Gasteiger partial charge in [0.2, 0.25) is 0 Å². The summed E-state index contributed by atoms with van der Waals surface area (Å²) in [6, 6.07) is 5.55. The molecule has 1 saturated heterocycles. The van der Waals surface area contributed by atoms with Gasteiger partial charge < -0.3 is 10.2 Å². The van der Waals surface area contributed by atoms with Crippen LogP contribution >= 0.6 is 23.8 Å². The van der Waals surface area contributed by atoms with Crippen molar-refractivity contribution in [2.75, 3.05) is 23.4 Å². The van der Waals surface area contributed by atoms with E-state index in [1.807, 2.05) is 36.9 Å². The Hall–Kier alpha value is -0.850. The fourth-order valence-electron chi connectivity index (χ4n) is 2.52. The van der Waals surface area contributed by atoms with E-state index in [1.54, 1.807) is 0 Å². The SMILES string of the molecule is CCN(C(=S)Nc1cccc(Cl)c1C)[C@H]1CCS(=O)(=O)C1. The summed E-state index contributed by atoms with van der Waals surface area (Å²) in [6.07, 6.45) is 0.631. The molecule has 0 bridgehead atoms. The largest absolute Gasteiger partial charge is 0.345 e. The van der Waals surface area contributed by atoms with E-state index in [1.165, 1.54) is 0 Å². The Morgan fingerprint density at radius 1 is 1.52 bits per heavy atom.